The first-order valence-electron chi connectivity index (χ1n) is 7.93. The van der Waals surface area contributed by atoms with Gasteiger partial charge in [0.25, 0.3) is 0 Å². The van der Waals surface area contributed by atoms with Crippen LogP contribution in [0.3, 0.4) is 0 Å². The smallest absolute Gasteiger partial charge is 0.227 e. The van der Waals surface area contributed by atoms with Crippen LogP contribution in [-0.4, -0.2) is 38.7 Å². The minimum absolute atomic E-state index is 0.0741. The van der Waals surface area contributed by atoms with Crippen molar-refractivity contribution in [1.82, 2.24) is 5.32 Å². The summed E-state index contributed by atoms with van der Waals surface area (Å²) in [5.41, 5.74) is 1.81. The van der Waals surface area contributed by atoms with Gasteiger partial charge in [-0.2, -0.15) is 0 Å². The molecule has 0 aliphatic carbocycles. The molecule has 2 aromatic rings. The highest BCUT2D eigenvalue weighted by Gasteiger charge is 2.17. The summed E-state index contributed by atoms with van der Waals surface area (Å²) in [6, 6.07) is 15.9. The number of nitrogens with one attached hydrogen (secondary N) is 1. The number of sulfone groups is 1. The van der Waals surface area contributed by atoms with Crippen LogP contribution in [0.1, 0.15) is 34.3 Å². The summed E-state index contributed by atoms with van der Waals surface area (Å²) < 4.78 is 22.2. The van der Waals surface area contributed by atoms with E-state index in [0.29, 0.717) is 16.7 Å². The molecule has 132 valence electrons. The van der Waals surface area contributed by atoms with Crippen LogP contribution < -0.4 is 5.32 Å². The number of carbonyl (C=O) groups excluding carboxylic acids is 2. The number of ketones is 1. The van der Waals surface area contributed by atoms with Gasteiger partial charge in [0.05, 0.1) is 11.7 Å². The first kappa shape index (κ1) is 18.9. The normalized spacial score (nSPS) is 12.4. The van der Waals surface area contributed by atoms with Gasteiger partial charge in [-0.05, 0) is 18.6 Å². The fourth-order valence-corrected chi connectivity index (χ4v) is 2.84. The van der Waals surface area contributed by atoms with Crippen molar-refractivity contribution in [1.29, 1.82) is 0 Å². The Morgan fingerprint density at radius 2 is 1.64 bits per heavy atom. The lowest BCUT2D eigenvalue weighted by atomic mass is 9.95. The third kappa shape index (κ3) is 5.53. The largest absolute Gasteiger partial charge is 0.355 e. The van der Waals surface area contributed by atoms with Gasteiger partial charge in [-0.25, -0.2) is 8.42 Å². The van der Waals surface area contributed by atoms with Gasteiger partial charge < -0.3 is 5.32 Å². The van der Waals surface area contributed by atoms with E-state index >= 15 is 0 Å². The lowest BCUT2D eigenvalue weighted by Gasteiger charge is -2.13. The van der Waals surface area contributed by atoms with Gasteiger partial charge in [-0.3, -0.25) is 9.59 Å². The maximum atomic E-state index is 12.5. The summed E-state index contributed by atoms with van der Waals surface area (Å²) in [6.45, 7) is 1.80. The number of amides is 1. The van der Waals surface area contributed by atoms with Crippen LogP contribution in [-0.2, 0) is 14.6 Å². The molecular weight excluding hydrogens is 338 g/mol. The van der Waals surface area contributed by atoms with Crippen LogP contribution in [0.15, 0.2) is 54.6 Å². The van der Waals surface area contributed by atoms with Gasteiger partial charge in [0, 0.05) is 23.9 Å². The van der Waals surface area contributed by atoms with Crippen molar-refractivity contribution in [2.75, 3.05) is 18.6 Å². The predicted octanol–water partition coefficient (Wildman–Crippen LogP) is 2.18. The number of benzene rings is 2. The van der Waals surface area contributed by atoms with E-state index in [-0.39, 0.29) is 24.0 Å². The molecule has 25 heavy (non-hydrogen) atoms. The van der Waals surface area contributed by atoms with E-state index in [4.69, 9.17) is 0 Å². The summed E-state index contributed by atoms with van der Waals surface area (Å²) in [5, 5.41) is 2.61. The molecule has 0 bridgehead atoms. The fraction of sp³-hybridized carbons (Fsp3) is 0.263. The molecule has 6 heteroatoms. The Bertz CT molecular complexity index is 860. The average Bonchev–Trinajstić information content (AvgIpc) is 2.60. The maximum Gasteiger partial charge on any atom is 0.227 e. The molecular formula is C19H21NO4S. The van der Waals surface area contributed by atoms with Crippen molar-refractivity contribution in [2.24, 2.45) is 0 Å². The van der Waals surface area contributed by atoms with E-state index in [1.165, 1.54) is 0 Å². The molecule has 0 radical (unpaired) electrons. The molecule has 2 rings (SSSR count). The SMILES string of the molecule is C[C@@H](C(=O)NCCS(C)(=O)=O)c1cccc(C(=O)c2ccccc2)c1. The molecule has 1 N–H and O–H groups in total. The lowest BCUT2D eigenvalue weighted by Crippen LogP contribution is -2.32. The van der Waals surface area contributed by atoms with Crippen LogP contribution in [0.2, 0.25) is 0 Å². The van der Waals surface area contributed by atoms with E-state index in [1.807, 2.05) is 6.07 Å². The molecule has 0 heterocycles. The van der Waals surface area contributed by atoms with E-state index in [0.717, 1.165) is 6.26 Å². The first-order chi connectivity index (χ1) is 11.8. The number of hydrogen-bond donors (Lipinski definition) is 1. The average molecular weight is 359 g/mol. The molecule has 0 fully saturated rings. The van der Waals surface area contributed by atoms with Crippen molar-refractivity contribution >= 4 is 21.5 Å². The zero-order valence-corrected chi connectivity index (χ0v) is 15.0. The van der Waals surface area contributed by atoms with Crippen LogP contribution in [0.4, 0.5) is 0 Å². The predicted molar refractivity (Wildman–Crippen MR) is 97.5 cm³/mol. The molecule has 1 amide bonds. The Kier molecular flexibility index (Phi) is 6.09. The first-order valence-corrected chi connectivity index (χ1v) is 9.99. The van der Waals surface area contributed by atoms with Crippen molar-refractivity contribution in [3.05, 3.63) is 71.3 Å². The second-order valence-corrected chi connectivity index (χ2v) is 8.22. The Balaban J connectivity index is 2.09. The number of hydrogen-bond acceptors (Lipinski definition) is 4. The standard InChI is InChI=1S/C19H21NO4S/c1-14(19(22)20-11-12-25(2,23)24)16-9-6-10-17(13-16)18(21)15-7-4-3-5-8-15/h3-10,13-14H,11-12H2,1-2H3,(H,20,22)/t14-/m1/s1. The molecule has 0 unspecified atom stereocenters. The molecule has 5 nitrogen and oxygen atoms in total. The van der Waals surface area contributed by atoms with Crippen molar-refractivity contribution in [3.63, 3.8) is 0 Å². The molecule has 1 atom stereocenters. The second-order valence-electron chi connectivity index (χ2n) is 5.96. The highest BCUT2D eigenvalue weighted by Crippen LogP contribution is 2.19. The third-order valence-electron chi connectivity index (χ3n) is 3.85. The van der Waals surface area contributed by atoms with Crippen molar-refractivity contribution in [2.45, 2.75) is 12.8 Å². The summed E-state index contributed by atoms with van der Waals surface area (Å²) in [7, 11) is -3.12. The van der Waals surface area contributed by atoms with Gasteiger partial charge in [0.1, 0.15) is 9.84 Å². The van der Waals surface area contributed by atoms with E-state index in [9.17, 15) is 18.0 Å². The molecule has 2 aromatic carbocycles. The zero-order chi connectivity index (χ0) is 18.4. The summed E-state index contributed by atoms with van der Waals surface area (Å²) >= 11 is 0. The molecule has 0 spiro atoms. The summed E-state index contributed by atoms with van der Waals surface area (Å²) in [4.78, 5) is 24.7. The van der Waals surface area contributed by atoms with Gasteiger partial charge in [0.2, 0.25) is 5.91 Å². The minimum atomic E-state index is -3.12. The molecule has 0 saturated heterocycles. The monoisotopic (exact) mass is 359 g/mol. The highest BCUT2D eigenvalue weighted by atomic mass is 32.2. The third-order valence-corrected chi connectivity index (χ3v) is 4.80. The van der Waals surface area contributed by atoms with Crippen LogP contribution >= 0.6 is 0 Å². The molecule has 0 aliphatic rings. The van der Waals surface area contributed by atoms with Crippen molar-refractivity contribution < 1.29 is 18.0 Å². The van der Waals surface area contributed by atoms with Crippen molar-refractivity contribution in [3.8, 4) is 0 Å². The Morgan fingerprint density at radius 1 is 1.00 bits per heavy atom. The van der Waals surface area contributed by atoms with Crippen LogP contribution in [0.25, 0.3) is 0 Å². The Hall–Kier alpha value is -2.47. The Labute approximate surface area is 148 Å². The number of carbonyl (C=O) groups is 2. The van der Waals surface area contributed by atoms with E-state index in [2.05, 4.69) is 5.32 Å². The highest BCUT2D eigenvalue weighted by molar-refractivity contribution is 7.90. The summed E-state index contributed by atoms with van der Waals surface area (Å²) in [6.07, 6.45) is 1.13. The minimum Gasteiger partial charge on any atom is -0.355 e. The quantitative estimate of drug-likeness (QED) is 0.769. The van der Waals surface area contributed by atoms with E-state index < -0.39 is 15.8 Å². The zero-order valence-electron chi connectivity index (χ0n) is 14.2. The molecule has 0 aromatic heterocycles. The van der Waals surface area contributed by atoms with Crippen LogP contribution in [0.5, 0.6) is 0 Å². The van der Waals surface area contributed by atoms with Gasteiger partial charge in [-0.15, -0.1) is 0 Å². The topological polar surface area (TPSA) is 80.3 Å². The number of rotatable bonds is 7. The van der Waals surface area contributed by atoms with Crippen LogP contribution in [0, 0.1) is 0 Å². The molecule has 0 aliphatic heterocycles. The Morgan fingerprint density at radius 3 is 2.28 bits per heavy atom. The maximum absolute atomic E-state index is 12.5. The van der Waals surface area contributed by atoms with Gasteiger partial charge in [-0.1, -0.05) is 48.5 Å². The lowest BCUT2D eigenvalue weighted by molar-refractivity contribution is -0.122. The molecule has 0 saturated carbocycles. The van der Waals surface area contributed by atoms with Gasteiger partial charge >= 0.3 is 0 Å². The fourth-order valence-electron chi connectivity index (χ4n) is 2.37. The summed E-state index contributed by atoms with van der Waals surface area (Å²) in [5.74, 6) is -0.957. The van der Waals surface area contributed by atoms with Gasteiger partial charge in [0.15, 0.2) is 5.78 Å². The second kappa shape index (κ2) is 8.07. The van der Waals surface area contributed by atoms with E-state index in [1.54, 1.807) is 55.5 Å².